The average Bonchev–Trinajstić information content (AvgIpc) is 1.66. The molecule has 16 aromatic carbocycles. The molecule has 0 saturated heterocycles. The Morgan fingerprint density at radius 1 is 0.149 bits per heavy atom. The lowest BCUT2D eigenvalue weighted by Gasteiger charge is -2.26. The van der Waals surface area contributed by atoms with Crippen LogP contribution in [0.4, 0.5) is 34.1 Å². The molecule has 0 spiro atoms. The van der Waals surface area contributed by atoms with E-state index >= 15 is 0 Å². The first-order chi connectivity index (χ1) is 50.0. The lowest BCUT2D eigenvalue weighted by Crippen LogP contribution is -2.09. The van der Waals surface area contributed by atoms with Crippen LogP contribution in [0.5, 0.6) is 0 Å². The molecule has 19 aromatic rings. The quantitative estimate of drug-likeness (QED) is 0.107. The van der Waals surface area contributed by atoms with Crippen LogP contribution in [0, 0.1) is 0 Å². The van der Waals surface area contributed by atoms with Crippen LogP contribution < -0.4 is 9.80 Å². The maximum atomic E-state index is 2.42. The van der Waals surface area contributed by atoms with Crippen LogP contribution in [0.15, 0.2) is 376 Å². The molecule has 3 aromatic heterocycles. The highest BCUT2D eigenvalue weighted by Gasteiger charge is 2.20. The van der Waals surface area contributed by atoms with Crippen LogP contribution in [-0.2, 0) is 0 Å². The third kappa shape index (κ3) is 11.3. The van der Waals surface area contributed by atoms with Crippen LogP contribution in [-0.4, -0.2) is 0 Å². The highest BCUT2D eigenvalue weighted by Crippen LogP contribution is 2.47. The standard InChI is InChI=1S/C96H62N2S3/c1-4-13-63(14-5-1)66-23-25-67(26-24-66)70-31-47-80(48-32-70)97(81-49-33-71(34-50-81)74-39-55-92-87(59-74)85-19-10-11-22-91(85)99-92)82-51-35-72(36-52-82)75-40-56-93-89(60-75)90-62-77(41-57-94(90)100-93)76-42-58-95-88(61-76)86-21-12-20-84(96(86)101-95)73-37-53-83(54-38-73)98(78-43-27-68(28-44-78)64-15-6-2-7-16-64)79-45-29-69(30-46-79)65-17-8-3-9-18-65/h1-62H. The molecule has 0 aliphatic heterocycles. The van der Waals surface area contributed by atoms with Crippen molar-refractivity contribution in [2.75, 3.05) is 9.80 Å². The summed E-state index contributed by atoms with van der Waals surface area (Å²) in [6, 6.07) is 138. The molecule has 0 aliphatic carbocycles. The molecule has 19 rings (SSSR count). The van der Waals surface area contributed by atoms with E-state index in [2.05, 4.69) is 386 Å². The Bertz CT molecular complexity index is 6160. The van der Waals surface area contributed by atoms with Gasteiger partial charge in [0.25, 0.3) is 0 Å². The van der Waals surface area contributed by atoms with Crippen LogP contribution in [0.25, 0.3) is 150 Å². The molecular formula is C96H62N2S3. The summed E-state index contributed by atoms with van der Waals surface area (Å²) in [6.07, 6.45) is 0. The number of hydrogen-bond acceptors (Lipinski definition) is 5. The Kier molecular flexibility index (Phi) is 15.2. The Labute approximate surface area is 599 Å². The molecule has 0 atom stereocenters. The molecule has 2 nitrogen and oxygen atoms in total. The van der Waals surface area contributed by atoms with Crippen molar-refractivity contribution in [2.24, 2.45) is 0 Å². The molecule has 101 heavy (non-hydrogen) atoms. The van der Waals surface area contributed by atoms with Gasteiger partial charge in [0.15, 0.2) is 0 Å². The predicted octanol–water partition coefficient (Wildman–Crippen LogP) is 29.1. The fraction of sp³-hybridized carbons (Fsp3) is 0. The van der Waals surface area contributed by atoms with Crippen LogP contribution in [0.1, 0.15) is 0 Å². The lowest BCUT2D eigenvalue weighted by molar-refractivity contribution is 1.28. The van der Waals surface area contributed by atoms with E-state index in [-0.39, 0.29) is 0 Å². The van der Waals surface area contributed by atoms with E-state index < -0.39 is 0 Å². The maximum absolute atomic E-state index is 2.42. The van der Waals surface area contributed by atoms with Crippen molar-refractivity contribution in [1.82, 2.24) is 0 Å². The first-order valence-electron chi connectivity index (χ1n) is 34.3. The normalized spacial score (nSPS) is 11.6. The second-order valence-corrected chi connectivity index (χ2v) is 29.2. The van der Waals surface area contributed by atoms with Crippen molar-refractivity contribution in [3.8, 4) is 89.0 Å². The highest BCUT2D eigenvalue weighted by molar-refractivity contribution is 7.27. The minimum absolute atomic E-state index is 1.09. The number of fused-ring (bicyclic) bond motifs is 9. The van der Waals surface area contributed by atoms with E-state index in [0.717, 1.165) is 34.1 Å². The second-order valence-electron chi connectivity index (χ2n) is 26.0. The van der Waals surface area contributed by atoms with Crippen molar-refractivity contribution in [3.63, 3.8) is 0 Å². The molecule has 474 valence electrons. The van der Waals surface area contributed by atoms with Gasteiger partial charge in [-0.1, -0.05) is 249 Å². The summed E-state index contributed by atoms with van der Waals surface area (Å²) in [5.74, 6) is 0. The zero-order valence-electron chi connectivity index (χ0n) is 54.9. The molecule has 0 bridgehead atoms. The molecule has 0 N–H and O–H groups in total. The van der Waals surface area contributed by atoms with Gasteiger partial charge in [0.05, 0.1) is 0 Å². The third-order valence-electron chi connectivity index (χ3n) is 19.9. The summed E-state index contributed by atoms with van der Waals surface area (Å²) in [7, 11) is 0. The predicted molar refractivity (Wildman–Crippen MR) is 438 cm³/mol. The summed E-state index contributed by atoms with van der Waals surface area (Å²) in [4.78, 5) is 4.74. The summed E-state index contributed by atoms with van der Waals surface area (Å²) in [5.41, 5.74) is 25.8. The van der Waals surface area contributed by atoms with Gasteiger partial charge in [0.2, 0.25) is 0 Å². The number of anilines is 6. The molecular weight excluding hydrogens is 1280 g/mol. The van der Waals surface area contributed by atoms with Crippen molar-refractivity contribution in [3.05, 3.63) is 376 Å². The number of nitrogens with zero attached hydrogens (tertiary/aromatic N) is 2. The van der Waals surface area contributed by atoms with E-state index in [1.54, 1.807) is 0 Å². The Morgan fingerprint density at radius 3 is 0.752 bits per heavy atom. The average molecular weight is 1340 g/mol. The zero-order valence-corrected chi connectivity index (χ0v) is 57.4. The minimum atomic E-state index is 1.09. The smallest absolute Gasteiger partial charge is 0.0462 e. The van der Waals surface area contributed by atoms with Crippen molar-refractivity contribution >= 4 is 129 Å². The summed E-state index contributed by atoms with van der Waals surface area (Å²) >= 11 is 5.61. The van der Waals surface area contributed by atoms with Gasteiger partial charge in [-0.2, -0.15) is 0 Å². The number of benzene rings is 16. The van der Waals surface area contributed by atoms with Crippen LogP contribution in [0.2, 0.25) is 0 Å². The molecule has 0 fully saturated rings. The fourth-order valence-electron chi connectivity index (χ4n) is 14.7. The van der Waals surface area contributed by atoms with Gasteiger partial charge in [-0.05, 0) is 216 Å². The molecule has 0 saturated carbocycles. The van der Waals surface area contributed by atoms with Gasteiger partial charge in [0.1, 0.15) is 0 Å². The summed E-state index contributed by atoms with van der Waals surface area (Å²) in [6.45, 7) is 0. The van der Waals surface area contributed by atoms with Gasteiger partial charge >= 0.3 is 0 Å². The molecule has 3 heterocycles. The second kappa shape index (κ2) is 25.6. The van der Waals surface area contributed by atoms with Gasteiger partial charge in [0, 0.05) is 94.6 Å². The Hall–Kier alpha value is -12.2. The fourth-order valence-corrected chi connectivity index (χ4v) is 18.1. The van der Waals surface area contributed by atoms with E-state index in [9.17, 15) is 0 Å². The summed E-state index contributed by atoms with van der Waals surface area (Å²) < 4.78 is 7.79. The first-order valence-corrected chi connectivity index (χ1v) is 36.8. The van der Waals surface area contributed by atoms with Crippen molar-refractivity contribution in [2.45, 2.75) is 0 Å². The lowest BCUT2D eigenvalue weighted by atomic mass is 9.98. The Morgan fingerprint density at radius 2 is 0.386 bits per heavy atom. The number of thiophene rings is 3. The van der Waals surface area contributed by atoms with Crippen molar-refractivity contribution in [1.29, 1.82) is 0 Å². The molecule has 0 amide bonds. The zero-order chi connectivity index (χ0) is 66.7. The van der Waals surface area contributed by atoms with E-state index in [1.807, 2.05) is 34.0 Å². The number of rotatable bonds is 14. The maximum Gasteiger partial charge on any atom is 0.0462 e. The summed E-state index contributed by atoms with van der Waals surface area (Å²) in [5, 5.41) is 7.74. The SMILES string of the molecule is c1ccc(-c2ccc(-c3ccc(N(c4ccc(-c5ccc6sc7ccccc7c6c5)cc4)c4ccc(-c5ccc6sc7ccc(-c8ccc9sc%10c(-c%11ccc(N(c%12ccc(-c%13ccccc%13)cc%12)c%12ccc(-c%13ccccc%13)cc%12)cc%11)cccc%10c9c8)cc7c6c5)cc4)cc3)cc2)cc1. The van der Waals surface area contributed by atoms with Crippen molar-refractivity contribution < 1.29 is 0 Å². The largest absolute Gasteiger partial charge is 0.311 e. The first kappa shape index (κ1) is 60.0. The van der Waals surface area contributed by atoms with Crippen LogP contribution >= 0.6 is 34.0 Å². The number of hydrogen-bond donors (Lipinski definition) is 0. The molecule has 5 heteroatoms. The molecule has 0 aliphatic rings. The third-order valence-corrected chi connectivity index (χ3v) is 23.5. The molecule has 0 unspecified atom stereocenters. The monoisotopic (exact) mass is 1340 g/mol. The highest BCUT2D eigenvalue weighted by atomic mass is 32.1. The van der Waals surface area contributed by atoms with E-state index in [1.165, 1.54) is 150 Å². The van der Waals surface area contributed by atoms with E-state index in [4.69, 9.17) is 0 Å². The van der Waals surface area contributed by atoms with Gasteiger partial charge in [-0.3, -0.25) is 0 Å². The van der Waals surface area contributed by atoms with E-state index in [0.29, 0.717) is 0 Å². The Balaban J connectivity index is 0.614. The van der Waals surface area contributed by atoms with Gasteiger partial charge < -0.3 is 9.80 Å². The van der Waals surface area contributed by atoms with Gasteiger partial charge in [-0.15, -0.1) is 34.0 Å². The van der Waals surface area contributed by atoms with Crippen LogP contribution in [0.3, 0.4) is 0 Å². The minimum Gasteiger partial charge on any atom is -0.311 e. The topological polar surface area (TPSA) is 6.48 Å². The molecule has 0 radical (unpaired) electrons. The van der Waals surface area contributed by atoms with Gasteiger partial charge in [-0.25, -0.2) is 0 Å².